The van der Waals surface area contributed by atoms with Crippen LogP contribution in [0.15, 0.2) is 12.4 Å². The predicted molar refractivity (Wildman–Crippen MR) is 73.1 cm³/mol. The van der Waals surface area contributed by atoms with Crippen molar-refractivity contribution < 1.29 is 15.0 Å². The molecule has 0 radical (unpaired) electrons. The number of aliphatic hydroxyl groups excluding tert-OH is 1. The Bertz CT molecular complexity index is 424. The molecule has 1 atom stereocenters. The molecule has 2 N–H and O–H groups in total. The molecule has 0 amide bonds. The first kappa shape index (κ1) is 14.4. The van der Waals surface area contributed by atoms with E-state index in [2.05, 4.69) is 10.00 Å². The molecule has 1 saturated heterocycles. The molecule has 1 unspecified atom stereocenters. The van der Waals surface area contributed by atoms with Crippen LogP contribution >= 0.6 is 11.8 Å². The van der Waals surface area contributed by atoms with Gasteiger partial charge in [-0.1, -0.05) is 0 Å². The topological polar surface area (TPSA) is 78.6 Å². The van der Waals surface area contributed by atoms with Crippen LogP contribution < -0.4 is 0 Å². The van der Waals surface area contributed by atoms with E-state index in [1.807, 2.05) is 18.0 Å². The van der Waals surface area contributed by atoms with Crippen molar-refractivity contribution in [2.75, 3.05) is 24.7 Å². The van der Waals surface area contributed by atoms with E-state index >= 15 is 0 Å². The van der Waals surface area contributed by atoms with E-state index in [4.69, 9.17) is 10.2 Å². The van der Waals surface area contributed by atoms with E-state index in [0.29, 0.717) is 6.54 Å². The Balaban J connectivity index is 1.95. The largest absolute Gasteiger partial charge is 0.481 e. The Labute approximate surface area is 116 Å². The lowest BCUT2D eigenvalue weighted by atomic mass is 10.2. The maximum atomic E-state index is 10.9. The molecular formula is C12H19N3O3S. The Hall–Kier alpha value is -1.05. The summed E-state index contributed by atoms with van der Waals surface area (Å²) in [5.41, 5.74) is 1.07. The molecule has 2 heterocycles. The number of carboxylic acid groups (broad SMARTS) is 1. The van der Waals surface area contributed by atoms with Gasteiger partial charge >= 0.3 is 5.97 Å². The molecule has 7 heteroatoms. The maximum Gasteiger partial charge on any atom is 0.304 e. The number of hydrogen-bond donors (Lipinski definition) is 2. The molecule has 1 aromatic rings. The summed E-state index contributed by atoms with van der Waals surface area (Å²) >= 11 is 1.81. The minimum absolute atomic E-state index is 0.0725. The summed E-state index contributed by atoms with van der Waals surface area (Å²) < 4.78 is 1.71. The number of aliphatic carboxylic acids is 1. The zero-order valence-corrected chi connectivity index (χ0v) is 11.6. The van der Waals surface area contributed by atoms with Gasteiger partial charge in [-0.25, -0.2) is 0 Å². The summed E-state index contributed by atoms with van der Waals surface area (Å²) in [4.78, 5) is 13.1. The number of hydrogen-bond acceptors (Lipinski definition) is 5. The Morgan fingerprint density at radius 1 is 1.58 bits per heavy atom. The average Bonchev–Trinajstić information content (AvgIpc) is 2.79. The molecule has 6 nitrogen and oxygen atoms in total. The summed E-state index contributed by atoms with van der Waals surface area (Å²) in [6.07, 6.45) is 3.89. The number of carboxylic acids is 1. The van der Waals surface area contributed by atoms with Crippen LogP contribution in [0.2, 0.25) is 0 Å². The van der Waals surface area contributed by atoms with Gasteiger partial charge in [0.05, 0.1) is 25.8 Å². The SMILES string of the molecule is O=C(O)CC1CSCCN1Cc1cnn(CCO)c1. The molecule has 2 rings (SSSR count). The number of rotatable bonds is 6. The fourth-order valence-electron chi connectivity index (χ4n) is 2.23. The van der Waals surface area contributed by atoms with E-state index in [9.17, 15) is 4.79 Å². The van der Waals surface area contributed by atoms with Crippen molar-refractivity contribution >= 4 is 17.7 Å². The van der Waals surface area contributed by atoms with Crippen molar-refractivity contribution in [1.82, 2.24) is 14.7 Å². The highest BCUT2D eigenvalue weighted by Gasteiger charge is 2.25. The number of aromatic nitrogens is 2. The molecule has 1 aliphatic heterocycles. The average molecular weight is 285 g/mol. The summed E-state index contributed by atoms with van der Waals surface area (Å²) in [7, 11) is 0. The van der Waals surface area contributed by atoms with Crippen molar-refractivity contribution in [3.05, 3.63) is 18.0 Å². The van der Waals surface area contributed by atoms with Crippen LogP contribution in [0.1, 0.15) is 12.0 Å². The van der Waals surface area contributed by atoms with Gasteiger partial charge in [0.1, 0.15) is 0 Å². The minimum atomic E-state index is -0.742. The van der Waals surface area contributed by atoms with Crippen LogP contribution in [0.25, 0.3) is 0 Å². The highest BCUT2D eigenvalue weighted by atomic mass is 32.2. The van der Waals surface area contributed by atoms with E-state index < -0.39 is 5.97 Å². The van der Waals surface area contributed by atoms with Gasteiger partial charge in [-0.05, 0) is 0 Å². The molecular weight excluding hydrogens is 266 g/mol. The molecule has 0 aromatic carbocycles. The highest BCUT2D eigenvalue weighted by molar-refractivity contribution is 7.99. The molecule has 1 aliphatic rings. The fourth-order valence-corrected chi connectivity index (χ4v) is 3.37. The van der Waals surface area contributed by atoms with Crippen LogP contribution in [0, 0.1) is 0 Å². The number of nitrogens with zero attached hydrogens (tertiary/aromatic N) is 3. The Morgan fingerprint density at radius 3 is 3.16 bits per heavy atom. The normalized spacial score (nSPS) is 20.6. The van der Waals surface area contributed by atoms with Crippen molar-refractivity contribution in [1.29, 1.82) is 0 Å². The lowest BCUT2D eigenvalue weighted by Crippen LogP contribution is -2.42. The second-order valence-corrected chi connectivity index (χ2v) is 5.78. The van der Waals surface area contributed by atoms with Crippen molar-refractivity contribution in [2.45, 2.75) is 25.6 Å². The number of aliphatic hydroxyl groups is 1. The second kappa shape index (κ2) is 6.93. The summed E-state index contributed by atoms with van der Waals surface area (Å²) in [6.45, 7) is 2.20. The van der Waals surface area contributed by atoms with Gasteiger partial charge < -0.3 is 10.2 Å². The van der Waals surface area contributed by atoms with Gasteiger partial charge in [0, 0.05) is 42.4 Å². The van der Waals surface area contributed by atoms with Crippen LogP contribution in [0.3, 0.4) is 0 Å². The van der Waals surface area contributed by atoms with Gasteiger partial charge in [-0.15, -0.1) is 0 Å². The molecule has 0 aliphatic carbocycles. The molecule has 0 bridgehead atoms. The third-order valence-electron chi connectivity index (χ3n) is 3.16. The zero-order valence-electron chi connectivity index (χ0n) is 10.7. The highest BCUT2D eigenvalue weighted by Crippen LogP contribution is 2.21. The molecule has 0 spiro atoms. The first-order valence-corrected chi connectivity index (χ1v) is 7.50. The summed E-state index contributed by atoms with van der Waals surface area (Å²) in [5, 5.41) is 22.0. The lowest BCUT2D eigenvalue weighted by molar-refractivity contribution is -0.138. The van der Waals surface area contributed by atoms with Crippen molar-refractivity contribution in [2.24, 2.45) is 0 Å². The molecule has 1 fully saturated rings. The first-order valence-electron chi connectivity index (χ1n) is 6.35. The number of carbonyl (C=O) groups is 1. The lowest BCUT2D eigenvalue weighted by Gasteiger charge is -2.34. The smallest absolute Gasteiger partial charge is 0.304 e. The second-order valence-electron chi connectivity index (χ2n) is 4.63. The van der Waals surface area contributed by atoms with Gasteiger partial charge in [0.2, 0.25) is 0 Å². The van der Waals surface area contributed by atoms with Crippen LogP contribution in [-0.4, -0.2) is 61.6 Å². The van der Waals surface area contributed by atoms with E-state index in [1.165, 1.54) is 0 Å². The minimum Gasteiger partial charge on any atom is -0.481 e. The summed E-state index contributed by atoms with van der Waals surface area (Å²) in [6, 6.07) is 0.0949. The Morgan fingerprint density at radius 2 is 2.42 bits per heavy atom. The Kier molecular flexibility index (Phi) is 5.24. The summed E-state index contributed by atoms with van der Waals surface area (Å²) in [5.74, 6) is 1.17. The number of thioether (sulfide) groups is 1. The zero-order chi connectivity index (χ0) is 13.7. The van der Waals surface area contributed by atoms with Crippen LogP contribution in [-0.2, 0) is 17.9 Å². The van der Waals surface area contributed by atoms with Gasteiger partial charge in [-0.3, -0.25) is 14.4 Å². The predicted octanol–water partition coefficient (Wildman–Crippen LogP) is 0.267. The first-order chi connectivity index (χ1) is 9.19. The molecule has 0 saturated carbocycles. The van der Waals surface area contributed by atoms with Crippen molar-refractivity contribution in [3.8, 4) is 0 Å². The third-order valence-corrected chi connectivity index (χ3v) is 4.25. The molecule has 19 heavy (non-hydrogen) atoms. The standard InChI is InChI=1S/C12H19N3O3S/c16-3-1-15-8-10(6-13-15)7-14-2-4-19-9-11(14)5-12(17)18/h6,8,11,16H,1-5,7,9H2,(H,17,18). The van der Waals surface area contributed by atoms with Crippen molar-refractivity contribution in [3.63, 3.8) is 0 Å². The quantitative estimate of drug-likeness (QED) is 0.781. The molecule has 1 aromatic heterocycles. The van der Waals surface area contributed by atoms with Gasteiger partial charge in [0.25, 0.3) is 0 Å². The van der Waals surface area contributed by atoms with Crippen LogP contribution in [0.4, 0.5) is 0 Å². The third kappa shape index (κ3) is 4.22. The fraction of sp³-hybridized carbons (Fsp3) is 0.667. The van der Waals surface area contributed by atoms with E-state index in [0.717, 1.165) is 30.2 Å². The van der Waals surface area contributed by atoms with Gasteiger partial charge in [0.15, 0.2) is 0 Å². The van der Waals surface area contributed by atoms with Gasteiger partial charge in [-0.2, -0.15) is 16.9 Å². The van der Waals surface area contributed by atoms with Crippen LogP contribution in [0.5, 0.6) is 0 Å². The molecule has 106 valence electrons. The monoisotopic (exact) mass is 285 g/mol. The van der Waals surface area contributed by atoms with E-state index in [-0.39, 0.29) is 19.1 Å². The van der Waals surface area contributed by atoms with E-state index in [1.54, 1.807) is 10.9 Å². The maximum absolute atomic E-state index is 10.9.